The number of aliphatic imine (C=N–C) groups is 1. The number of carbonyl (C=O) groups is 1. The van der Waals surface area contributed by atoms with Crippen LogP contribution in [0.3, 0.4) is 0 Å². The number of rotatable bonds is 10. The number of nitrogens with one attached hydrogen (secondary N) is 1. The molecule has 0 bridgehead atoms. The maximum Gasteiger partial charge on any atom is 0.254 e. The third kappa shape index (κ3) is 6.08. The van der Waals surface area contributed by atoms with E-state index in [9.17, 15) is 9.90 Å². The van der Waals surface area contributed by atoms with Crippen molar-refractivity contribution in [3.8, 4) is 0 Å². The topological polar surface area (TPSA) is 129 Å². The monoisotopic (exact) mass is 435 g/mol. The molecule has 0 atom stereocenters. The summed E-state index contributed by atoms with van der Waals surface area (Å²) in [6.07, 6.45) is 5.48. The number of aliphatic hydroxyl groups excluding tert-OH is 1. The Balaban J connectivity index is 2.32. The molecule has 1 heterocycles. The lowest BCUT2D eigenvalue weighted by molar-refractivity contribution is -0.117. The van der Waals surface area contributed by atoms with Crippen LogP contribution >= 0.6 is 0 Å². The van der Waals surface area contributed by atoms with E-state index in [4.69, 9.17) is 5.73 Å². The van der Waals surface area contributed by atoms with E-state index in [1.165, 1.54) is 6.21 Å². The highest BCUT2D eigenvalue weighted by Crippen LogP contribution is 2.17. The van der Waals surface area contributed by atoms with Gasteiger partial charge in [-0.3, -0.25) is 9.78 Å². The number of fused-ring (bicyclic) bond motifs is 1. The van der Waals surface area contributed by atoms with Crippen LogP contribution in [-0.4, -0.2) is 46.5 Å². The van der Waals surface area contributed by atoms with Crippen molar-refractivity contribution in [2.75, 3.05) is 6.61 Å². The van der Waals surface area contributed by atoms with Crippen LogP contribution in [0.5, 0.6) is 0 Å². The number of amides is 1. The van der Waals surface area contributed by atoms with Crippen LogP contribution in [0.1, 0.15) is 32.8 Å². The SMILES string of the molecule is C=NN(/N=C\C)C(/N=C(N)\C(=C\CC)C(=O)NCc1cccc2cccnc12)=C(/C)CO. The van der Waals surface area contributed by atoms with Crippen molar-refractivity contribution >= 4 is 35.6 Å². The molecule has 0 aliphatic rings. The minimum atomic E-state index is -0.376. The van der Waals surface area contributed by atoms with Crippen LogP contribution in [0, 0.1) is 0 Å². The van der Waals surface area contributed by atoms with Crippen LogP contribution in [0.15, 0.2) is 74.8 Å². The zero-order chi connectivity index (χ0) is 23.5. The number of benzene rings is 1. The molecule has 1 aromatic heterocycles. The van der Waals surface area contributed by atoms with Crippen molar-refractivity contribution in [2.24, 2.45) is 20.9 Å². The molecule has 2 rings (SSSR count). The fraction of sp³-hybridized carbons (Fsp3) is 0.261. The molecule has 2 aromatic rings. The van der Waals surface area contributed by atoms with Crippen LogP contribution in [-0.2, 0) is 11.3 Å². The van der Waals surface area contributed by atoms with Crippen molar-refractivity contribution in [3.63, 3.8) is 0 Å². The largest absolute Gasteiger partial charge is 0.392 e. The second kappa shape index (κ2) is 12.1. The molecule has 0 aliphatic heterocycles. The number of amidine groups is 1. The highest BCUT2D eigenvalue weighted by Gasteiger charge is 2.17. The van der Waals surface area contributed by atoms with Gasteiger partial charge in [0.15, 0.2) is 5.82 Å². The minimum Gasteiger partial charge on any atom is -0.392 e. The molecule has 0 aliphatic carbocycles. The summed E-state index contributed by atoms with van der Waals surface area (Å²) in [6.45, 7) is 8.71. The number of aliphatic hydroxyl groups is 1. The number of allylic oxidation sites excluding steroid dienone is 1. The Morgan fingerprint density at radius 2 is 2.09 bits per heavy atom. The number of para-hydroxylation sites is 1. The van der Waals surface area contributed by atoms with Crippen molar-refractivity contribution in [1.29, 1.82) is 0 Å². The maximum absolute atomic E-state index is 13.0. The number of aromatic nitrogens is 1. The quantitative estimate of drug-likeness (QED) is 0.229. The molecule has 0 fully saturated rings. The van der Waals surface area contributed by atoms with Crippen LogP contribution < -0.4 is 11.1 Å². The normalized spacial score (nSPS) is 13.2. The molecule has 0 saturated carbocycles. The summed E-state index contributed by atoms with van der Waals surface area (Å²) in [5.74, 6) is -0.214. The number of pyridine rings is 1. The van der Waals surface area contributed by atoms with E-state index in [1.54, 1.807) is 26.1 Å². The Morgan fingerprint density at radius 3 is 2.75 bits per heavy atom. The fourth-order valence-corrected chi connectivity index (χ4v) is 2.92. The number of carbonyl (C=O) groups excluding carboxylic acids is 1. The van der Waals surface area contributed by atoms with Gasteiger partial charge in [0.1, 0.15) is 5.84 Å². The van der Waals surface area contributed by atoms with Crippen molar-refractivity contribution < 1.29 is 9.90 Å². The number of nitrogens with two attached hydrogens (primary N) is 1. The number of nitrogens with zero attached hydrogens (tertiary/aromatic N) is 5. The van der Waals surface area contributed by atoms with Crippen LogP contribution in [0.25, 0.3) is 10.9 Å². The van der Waals surface area contributed by atoms with Gasteiger partial charge in [0, 0.05) is 31.1 Å². The highest BCUT2D eigenvalue weighted by atomic mass is 16.3. The van der Waals surface area contributed by atoms with Gasteiger partial charge < -0.3 is 16.2 Å². The van der Waals surface area contributed by atoms with E-state index in [0.29, 0.717) is 12.0 Å². The average Bonchev–Trinajstić information content (AvgIpc) is 2.82. The Bertz CT molecular complexity index is 1080. The molecular formula is C23H29N7O2. The van der Waals surface area contributed by atoms with E-state index in [0.717, 1.165) is 21.6 Å². The van der Waals surface area contributed by atoms with Crippen LogP contribution in [0.4, 0.5) is 0 Å². The summed E-state index contributed by atoms with van der Waals surface area (Å²) in [6, 6.07) is 9.64. The Hall–Kier alpha value is -3.85. The van der Waals surface area contributed by atoms with Crippen molar-refractivity contribution in [2.45, 2.75) is 33.7 Å². The summed E-state index contributed by atoms with van der Waals surface area (Å²) in [4.78, 5) is 21.7. The molecule has 9 nitrogen and oxygen atoms in total. The predicted molar refractivity (Wildman–Crippen MR) is 129 cm³/mol. The van der Waals surface area contributed by atoms with Crippen molar-refractivity contribution in [3.05, 3.63) is 65.1 Å². The summed E-state index contributed by atoms with van der Waals surface area (Å²) in [5.41, 5.74) is 8.59. The first-order chi connectivity index (χ1) is 15.5. The molecule has 0 saturated heterocycles. The van der Waals surface area contributed by atoms with E-state index in [1.807, 2.05) is 37.3 Å². The molecule has 0 unspecified atom stereocenters. The summed E-state index contributed by atoms with van der Waals surface area (Å²) < 4.78 is 0. The van der Waals surface area contributed by atoms with E-state index in [-0.39, 0.29) is 36.3 Å². The zero-order valence-electron chi connectivity index (χ0n) is 18.6. The van der Waals surface area contributed by atoms with Gasteiger partial charge in [-0.1, -0.05) is 37.3 Å². The zero-order valence-corrected chi connectivity index (χ0v) is 18.6. The molecule has 9 heteroatoms. The second-order valence-electron chi connectivity index (χ2n) is 6.76. The summed E-state index contributed by atoms with van der Waals surface area (Å²) in [7, 11) is 0. The first-order valence-corrected chi connectivity index (χ1v) is 10.2. The summed E-state index contributed by atoms with van der Waals surface area (Å²) >= 11 is 0. The third-order valence-corrected chi connectivity index (χ3v) is 4.48. The van der Waals surface area contributed by atoms with E-state index < -0.39 is 0 Å². The number of hydrazone groups is 2. The molecule has 0 radical (unpaired) electrons. The van der Waals surface area contributed by atoms with Gasteiger partial charge in [0.2, 0.25) is 0 Å². The van der Waals surface area contributed by atoms with E-state index >= 15 is 0 Å². The van der Waals surface area contributed by atoms with Gasteiger partial charge in [0.05, 0.1) is 17.7 Å². The summed E-state index contributed by atoms with van der Waals surface area (Å²) in [5, 5.41) is 22.4. The molecule has 168 valence electrons. The Labute approximate surface area is 187 Å². The fourth-order valence-electron chi connectivity index (χ4n) is 2.92. The smallest absolute Gasteiger partial charge is 0.254 e. The Kier molecular flexibility index (Phi) is 9.24. The van der Waals surface area contributed by atoms with Gasteiger partial charge in [0.25, 0.3) is 5.91 Å². The van der Waals surface area contributed by atoms with Gasteiger partial charge in [-0.05, 0) is 37.5 Å². The van der Waals surface area contributed by atoms with Gasteiger partial charge in [-0.25, -0.2) is 4.99 Å². The standard InChI is InChI=1S/C23H29N7O2/c1-5-9-19(21(24)29-22(16(3)15-31)30(25-4)28-6-2)23(32)27-14-18-11-7-10-17-12-8-13-26-20(17)18/h6-13,31H,4-5,14-15H2,1-3H3,(H2,24,29)(H,27,32)/b19-9-,22-16-,28-6-. The highest BCUT2D eigenvalue weighted by molar-refractivity contribution is 6.20. The molecule has 32 heavy (non-hydrogen) atoms. The molecule has 0 spiro atoms. The average molecular weight is 436 g/mol. The first kappa shape index (κ1) is 24.4. The molecule has 1 amide bonds. The molecular weight excluding hydrogens is 406 g/mol. The number of hydrogen-bond acceptors (Lipinski definition) is 7. The lowest BCUT2D eigenvalue weighted by Crippen LogP contribution is -2.32. The Morgan fingerprint density at radius 1 is 1.34 bits per heavy atom. The first-order valence-electron chi connectivity index (χ1n) is 10.2. The lowest BCUT2D eigenvalue weighted by atomic mass is 10.1. The van der Waals surface area contributed by atoms with Crippen molar-refractivity contribution in [1.82, 2.24) is 15.4 Å². The van der Waals surface area contributed by atoms with Gasteiger partial charge in [-0.2, -0.15) is 10.2 Å². The molecule has 4 N–H and O–H groups in total. The predicted octanol–water partition coefficient (Wildman–Crippen LogP) is 2.69. The van der Waals surface area contributed by atoms with Gasteiger partial charge in [-0.15, -0.1) is 5.12 Å². The lowest BCUT2D eigenvalue weighted by Gasteiger charge is -2.16. The van der Waals surface area contributed by atoms with E-state index in [2.05, 4.69) is 32.2 Å². The number of hydrogen-bond donors (Lipinski definition) is 3. The maximum atomic E-state index is 13.0. The molecule has 1 aromatic carbocycles. The second-order valence-corrected chi connectivity index (χ2v) is 6.76. The van der Waals surface area contributed by atoms with Crippen LogP contribution in [0.2, 0.25) is 0 Å². The minimum absolute atomic E-state index is 0.0249. The third-order valence-electron chi connectivity index (χ3n) is 4.48. The van der Waals surface area contributed by atoms with Gasteiger partial charge >= 0.3 is 0 Å².